The second-order valence-electron chi connectivity index (χ2n) is 3.89. The predicted molar refractivity (Wildman–Crippen MR) is 70.1 cm³/mol. The first-order chi connectivity index (χ1) is 9.03. The Balaban J connectivity index is 4.40. The fraction of sp³-hybridized carbons (Fsp3) is 0.750. The van der Waals surface area contributed by atoms with Crippen molar-refractivity contribution in [3.05, 3.63) is 0 Å². The Hall–Kier alpha value is -1.06. The Kier molecular flexibility index (Phi) is 10.2. The van der Waals surface area contributed by atoms with E-state index in [-0.39, 0.29) is 33.8 Å². The van der Waals surface area contributed by atoms with Gasteiger partial charge in [-0.15, -0.1) is 0 Å². The highest BCUT2D eigenvalue weighted by molar-refractivity contribution is 6.68. The van der Waals surface area contributed by atoms with Gasteiger partial charge in [0.15, 0.2) is 0 Å². The standard InChI is InChI=1S/3C4H7O2.Al/c3*1-3-6-4(2)5;/h3*2-3H2,1H3;. The van der Waals surface area contributed by atoms with Crippen LogP contribution in [0.2, 0.25) is 15.8 Å². The van der Waals surface area contributed by atoms with Crippen molar-refractivity contribution in [1.82, 2.24) is 0 Å². The van der Waals surface area contributed by atoms with E-state index in [1.54, 1.807) is 20.8 Å². The van der Waals surface area contributed by atoms with Gasteiger partial charge in [-0.2, -0.15) is 0 Å². The van der Waals surface area contributed by atoms with Gasteiger partial charge in [0.2, 0.25) is 0 Å². The van der Waals surface area contributed by atoms with Gasteiger partial charge < -0.3 is 14.2 Å². The van der Waals surface area contributed by atoms with Crippen LogP contribution in [0.25, 0.3) is 0 Å². The quantitative estimate of drug-likeness (QED) is 0.360. The maximum absolute atomic E-state index is 11.4. The van der Waals surface area contributed by atoms with Crippen LogP contribution < -0.4 is 0 Å². The van der Waals surface area contributed by atoms with Crippen molar-refractivity contribution >= 4 is 32.1 Å². The molecule has 0 aliphatic carbocycles. The molecule has 0 unspecified atom stereocenters. The van der Waals surface area contributed by atoms with E-state index < -0.39 is 14.1 Å². The molecule has 0 bridgehead atoms. The Morgan fingerprint density at radius 3 is 1.16 bits per heavy atom. The molecule has 0 heterocycles. The highest BCUT2D eigenvalue weighted by atomic mass is 27.2. The number of ether oxygens (including phenoxy) is 3. The third-order valence-electron chi connectivity index (χ3n) is 2.28. The van der Waals surface area contributed by atoms with E-state index in [1.165, 1.54) is 0 Å². The zero-order valence-corrected chi connectivity index (χ0v) is 12.9. The van der Waals surface area contributed by atoms with Gasteiger partial charge in [0, 0.05) is 15.8 Å². The molecule has 0 N–H and O–H groups in total. The van der Waals surface area contributed by atoms with Gasteiger partial charge in [-0.1, -0.05) is 0 Å². The maximum Gasteiger partial charge on any atom is 0.309 e. The summed E-state index contributed by atoms with van der Waals surface area (Å²) in [4.78, 5) is 34.3. The maximum atomic E-state index is 11.4. The van der Waals surface area contributed by atoms with Crippen LogP contribution in [0.1, 0.15) is 20.8 Å². The molecule has 0 amide bonds. The first kappa shape index (κ1) is 17.9. The molecule has 0 spiro atoms. The summed E-state index contributed by atoms with van der Waals surface area (Å²) < 4.78 is 14.5. The summed E-state index contributed by atoms with van der Waals surface area (Å²) in [5, 5.41) is 0.433. The second kappa shape index (κ2) is 10.8. The minimum atomic E-state index is -1.93. The van der Waals surface area contributed by atoms with Gasteiger partial charge in [-0.05, 0) is 20.8 Å². The molecule has 0 saturated carbocycles. The molecule has 0 aliphatic heterocycles. The van der Waals surface area contributed by atoms with Gasteiger partial charge in [-0.25, -0.2) is 0 Å². The number of hydrogen-bond donors (Lipinski definition) is 0. The predicted octanol–water partition coefficient (Wildman–Crippen LogP) is 1.17. The van der Waals surface area contributed by atoms with E-state index in [0.29, 0.717) is 19.8 Å². The van der Waals surface area contributed by atoms with Crippen LogP contribution in [-0.2, 0) is 28.6 Å². The monoisotopic (exact) mass is 288 g/mol. The van der Waals surface area contributed by atoms with Crippen LogP contribution >= 0.6 is 0 Å². The summed E-state index contributed by atoms with van der Waals surface area (Å²) in [5.74, 6) is -1.10. The molecule has 0 aromatic carbocycles. The number of hydrogen-bond acceptors (Lipinski definition) is 6. The smallest absolute Gasteiger partial charge is 0.309 e. The van der Waals surface area contributed by atoms with Crippen molar-refractivity contribution in [3.8, 4) is 0 Å². The summed E-state index contributed by atoms with van der Waals surface area (Å²) in [5.41, 5.74) is 0. The van der Waals surface area contributed by atoms with Crippen LogP contribution in [0.15, 0.2) is 0 Å². The minimum absolute atomic E-state index is 0.144. The third-order valence-corrected chi connectivity index (χ3v) is 5.01. The SMILES string of the molecule is CCOC(=O)[CH2][Al]([CH2]C(=O)OCC)[CH2]C(=O)OCC. The summed E-state index contributed by atoms with van der Waals surface area (Å²) in [6, 6.07) is 0. The molecule has 0 aromatic rings. The second-order valence-corrected chi connectivity index (χ2v) is 6.85. The molecular weight excluding hydrogens is 267 g/mol. The Bertz CT molecular complexity index is 257. The number of carbonyl (C=O) groups excluding carboxylic acids is 3. The molecular formula is C12H21AlO6. The zero-order chi connectivity index (χ0) is 14.7. The zero-order valence-electron chi connectivity index (χ0n) is 11.8. The fourth-order valence-electron chi connectivity index (χ4n) is 1.58. The van der Waals surface area contributed by atoms with Crippen molar-refractivity contribution in [2.75, 3.05) is 19.8 Å². The van der Waals surface area contributed by atoms with Crippen molar-refractivity contribution in [3.63, 3.8) is 0 Å². The van der Waals surface area contributed by atoms with Crippen LogP contribution in [0.5, 0.6) is 0 Å². The van der Waals surface area contributed by atoms with Crippen molar-refractivity contribution in [2.45, 2.75) is 36.6 Å². The summed E-state index contributed by atoms with van der Waals surface area (Å²) >= 11 is -1.93. The van der Waals surface area contributed by atoms with Crippen LogP contribution in [-0.4, -0.2) is 51.9 Å². The van der Waals surface area contributed by atoms with Gasteiger partial charge in [0.25, 0.3) is 17.9 Å². The van der Waals surface area contributed by atoms with Gasteiger partial charge >= 0.3 is 14.1 Å². The van der Waals surface area contributed by atoms with E-state index in [0.717, 1.165) is 0 Å². The van der Waals surface area contributed by atoms with E-state index in [9.17, 15) is 14.4 Å². The van der Waals surface area contributed by atoms with Gasteiger partial charge in [0.05, 0.1) is 19.8 Å². The average molecular weight is 288 g/mol. The van der Waals surface area contributed by atoms with Crippen molar-refractivity contribution < 1.29 is 28.6 Å². The number of carbonyl (C=O) groups is 3. The number of rotatable bonds is 9. The highest BCUT2D eigenvalue weighted by Gasteiger charge is 2.29. The van der Waals surface area contributed by atoms with Crippen LogP contribution in [0, 0.1) is 0 Å². The molecule has 0 aromatic heterocycles. The Morgan fingerprint density at radius 1 is 0.684 bits per heavy atom. The molecule has 7 heteroatoms. The molecule has 19 heavy (non-hydrogen) atoms. The van der Waals surface area contributed by atoms with Gasteiger partial charge in [-0.3, -0.25) is 14.4 Å². The number of esters is 3. The first-order valence-electron chi connectivity index (χ1n) is 6.50. The molecule has 0 aliphatic rings. The van der Waals surface area contributed by atoms with Crippen LogP contribution in [0.3, 0.4) is 0 Å². The lowest BCUT2D eigenvalue weighted by Gasteiger charge is -2.10. The van der Waals surface area contributed by atoms with E-state index in [4.69, 9.17) is 14.2 Å². The highest BCUT2D eigenvalue weighted by Crippen LogP contribution is 2.10. The lowest BCUT2D eigenvalue weighted by atomic mass is 10.7. The topological polar surface area (TPSA) is 78.9 Å². The fourth-order valence-corrected chi connectivity index (χ4v) is 3.78. The molecule has 0 saturated heterocycles. The lowest BCUT2D eigenvalue weighted by Crippen LogP contribution is -2.27. The lowest BCUT2D eigenvalue weighted by molar-refractivity contribution is -0.140. The molecule has 0 rings (SSSR count). The largest absolute Gasteiger partial charge is 0.467 e. The Morgan fingerprint density at radius 2 is 0.947 bits per heavy atom. The summed E-state index contributed by atoms with van der Waals surface area (Å²) in [6.45, 7) is 6.01. The average Bonchev–Trinajstić information content (AvgIpc) is 2.29. The van der Waals surface area contributed by atoms with E-state index >= 15 is 0 Å². The summed E-state index contributed by atoms with van der Waals surface area (Å²) in [7, 11) is 0. The normalized spacial score (nSPS) is 9.63. The first-order valence-corrected chi connectivity index (χ1v) is 8.95. The molecule has 6 nitrogen and oxygen atoms in total. The minimum Gasteiger partial charge on any atom is -0.467 e. The van der Waals surface area contributed by atoms with Gasteiger partial charge in [0.1, 0.15) is 0 Å². The Labute approximate surface area is 117 Å². The molecule has 108 valence electrons. The molecule has 0 fully saturated rings. The molecule has 0 atom stereocenters. The van der Waals surface area contributed by atoms with E-state index in [1.807, 2.05) is 0 Å². The molecule has 0 radical (unpaired) electrons. The van der Waals surface area contributed by atoms with Crippen molar-refractivity contribution in [1.29, 1.82) is 0 Å². The van der Waals surface area contributed by atoms with Crippen molar-refractivity contribution in [2.24, 2.45) is 0 Å². The summed E-state index contributed by atoms with van der Waals surface area (Å²) in [6.07, 6.45) is 0. The van der Waals surface area contributed by atoms with E-state index in [2.05, 4.69) is 0 Å². The van der Waals surface area contributed by atoms with Crippen LogP contribution in [0.4, 0.5) is 0 Å². The third kappa shape index (κ3) is 9.51.